The van der Waals surface area contributed by atoms with E-state index < -0.39 is 21.1 Å². The molecule has 9 nitrogen and oxygen atoms in total. The lowest BCUT2D eigenvalue weighted by Gasteiger charge is -2.16. The van der Waals surface area contributed by atoms with Crippen LogP contribution in [0, 0.1) is 20.8 Å². The van der Waals surface area contributed by atoms with Crippen molar-refractivity contribution < 1.29 is 18.3 Å². The summed E-state index contributed by atoms with van der Waals surface area (Å²) in [5.74, 6) is -1.36. The highest BCUT2D eigenvalue weighted by Crippen LogP contribution is 2.26. The average Bonchev–Trinajstić information content (AvgIpc) is 2.98. The molecule has 0 bridgehead atoms. The first-order valence-electron chi connectivity index (χ1n) is 7.23. The minimum Gasteiger partial charge on any atom is -0.545 e. The van der Waals surface area contributed by atoms with E-state index in [1.807, 2.05) is 0 Å². The number of sulfonamides is 1. The van der Waals surface area contributed by atoms with Crippen molar-refractivity contribution >= 4 is 27.5 Å². The summed E-state index contributed by atoms with van der Waals surface area (Å²) in [6.45, 7) is 5.08. The highest BCUT2D eigenvalue weighted by molar-refractivity contribution is 7.92. The van der Waals surface area contributed by atoms with Gasteiger partial charge in [-0.1, -0.05) is 12.1 Å². The third-order valence-electron chi connectivity index (χ3n) is 3.84. The summed E-state index contributed by atoms with van der Waals surface area (Å²) in [5.41, 5.74) is 1.53. The number of anilines is 1. The van der Waals surface area contributed by atoms with Crippen LogP contribution in [-0.4, -0.2) is 34.0 Å². The Kier molecular flexibility index (Phi) is 3.91. The van der Waals surface area contributed by atoms with Crippen molar-refractivity contribution in [3.8, 4) is 0 Å². The smallest absolute Gasteiger partial charge is 0.299 e. The summed E-state index contributed by atoms with van der Waals surface area (Å²) in [5, 5.41) is 14.7. The van der Waals surface area contributed by atoms with Crippen LogP contribution in [0.15, 0.2) is 29.6 Å². The van der Waals surface area contributed by atoms with E-state index in [4.69, 9.17) is 0 Å². The predicted molar refractivity (Wildman–Crippen MR) is 86.6 cm³/mol. The molecular formula is C15H14N5O4S-. The van der Waals surface area contributed by atoms with Crippen molar-refractivity contribution in [3.05, 3.63) is 46.8 Å². The van der Waals surface area contributed by atoms with E-state index >= 15 is 0 Å². The number of benzene rings is 1. The van der Waals surface area contributed by atoms with E-state index in [1.54, 1.807) is 32.9 Å². The Hall–Kier alpha value is -3.01. The summed E-state index contributed by atoms with van der Waals surface area (Å²) in [6, 6.07) is 4.53. The molecular weight excluding hydrogens is 346 g/mol. The van der Waals surface area contributed by atoms with Gasteiger partial charge in [-0.3, -0.25) is 4.72 Å². The summed E-state index contributed by atoms with van der Waals surface area (Å²) in [7, 11) is -4.21. The number of aryl methyl sites for hydroxylation is 2. The number of carboxylic acids is 1. The van der Waals surface area contributed by atoms with Crippen molar-refractivity contribution in [1.29, 1.82) is 0 Å². The molecule has 0 aliphatic heterocycles. The topological polar surface area (TPSA) is 129 Å². The second kappa shape index (κ2) is 5.81. The lowest BCUT2D eigenvalue weighted by Crippen LogP contribution is -2.26. The zero-order chi connectivity index (χ0) is 18.4. The first-order chi connectivity index (χ1) is 11.7. The Labute approximate surface area is 143 Å². The summed E-state index contributed by atoms with van der Waals surface area (Å²) in [4.78, 5) is 19.2. The van der Waals surface area contributed by atoms with Gasteiger partial charge in [0.2, 0.25) is 0 Å². The van der Waals surface area contributed by atoms with Gasteiger partial charge in [0, 0.05) is 17.5 Å². The van der Waals surface area contributed by atoms with Gasteiger partial charge in [0.05, 0.1) is 11.7 Å². The fourth-order valence-corrected chi connectivity index (χ4v) is 3.31. The predicted octanol–water partition coefficient (Wildman–Crippen LogP) is 0.214. The van der Waals surface area contributed by atoms with Gasteiger partial charge in [0.1, 0.15) is 0 Å². The van der Waals surface area contributed by atoms with Crippen LogP contribution in [0.1, 0.15) is 27.2 Å². The maximum absolute atomic E-state index is 12.6. The molecule has 3 aromatic rings. The van der Waals surface area contributed by atoms with Crippen LogP contribution in [0.2, 0.25) is 0 Å². The number of carbonyl (C=O) groups excluding carboxylic acids is 1. The molecule has 0 fully saturated rings. The van der Waals surface area contributed by atoms with Crippen molar-refractivity contribution in [2.24, 2.45) is 0 Å². The summed E-state index contributed by atoms with van der Waals surface area (Å²) < 4.78 is 28.8. The Morgan fingerprint density at radius 1 is 1.20 bits per heavy atom. The second-order valence-electron chi connectivity index (χ2n) is 5.52. The van der Waals surface area contributed by atoms with E-state index in [1.165, 1.54) is 16.8 Å². The first-order valence-corrected chi connectivity index (χ1v) is 8.72. The second-order valence-corrected chi connectivity index (χ2v) is 7.09. The van der Waals surface area contributed by atoms with Crippen LogP contribution < -0.4 is 9.83 Å². The van der Waals surface area contributed by atoms with Crippen LogP contribution in [0.4, 0.5) is 5.69 Å². The highest BCUT2D eigenvalue weighted by atomic mass is 32.2. The van der Waals surface area contributed by atoms with Crippen molar-refractivity contribution in [2.75, 3.05) is 4.72 Å². The maximum atomic E-state index is 12.6. The molecule has 0 radical (unpaired) electrons. The molecule has 0 unspecified atom stereocenters. The molecule has 2 heterocycles. The van der Waals surface area contributed by atoms with Crippen LogP contribution in [0.3, 0.4) is 0 Å². The van der Waals surface area contributed by atoms with Gasteiger partial charge in [0.15, 0.2) is 0 Å². The number of aromatic nitrogens is 4. The zero-order valence-corrected chi connectivity index (χ0v) is 14.5. The van der Waals surface area contributed by atoms with E-state index in [9.17, 15) is 18.3 Å². The lowest BCUT2D eigenvalue weighted by molar-refractivity contribution is -0.254. The Morgan fingerprint density at radius 3 is 2.56 bits per heavy atom. The number of nitrogens with one attached hydrogen (secondary N) is 1. The van der Waals surface area contributed by atoms with E-state index in [-0.39, 0.29) is 17.0 Å². The van der Waals surface area contributed by atoms with Crippen LogP contribution in [0.5, 0.6) is 0 Å². The molecule has 2 aromatic heterocycles. The Balaban J connectivity index is 2.12. The number of carbonyl (C=O) groups is 1. The molecule has 0 atom stereocenters. The van der Waals surface area contributed by atoms with Crippen molar-refractivity contribution in [1.82, 2.24) is 19.6 Å². The van der Waals surface area contributed by atoms with Gasteiger partial charge in [-0.2, -0.15) is 13.4 Å². The van der Waals surface area contributed by atoms with Crippen molar-refractivity contribution in [3.63, 3.8) is 0 Å². The minimum absolute atomic E-state index is 0.0662. The van der Waals surface area contributed by atoms with Crippen LogP contribution >= 0.6 is 0 Å². The monoisotopic (exact) mass is 360 g/mol. The van der Waals surface area contributed by atoms with Gasteiger partial charge >= 0.3 is 0 Å². The lowest BCUT2D eigenvalue weighted by atomic mass is 10.0. The van der Waals surface area contributed by atoms with Gasteiger partial charge in [-0.05, 0) is 38.0 Å². The first kappa shape index (κ1) is 16.8. The number of rotatable bonds is 4. The van der Waals surface area contributed by atoms with Crippen LogP contribution in [0.25, 0.3) is 5.78 Å². The number of aromatic carboxylic acids is 1. The molecule has 0 amide bonds. The molecule has 0 spiro atoms. The van der Waals surface area contributed by atoms with E-state index in [2.05, 4.69) is 19.8 Å². The minimum atomic E-state index is -4.21. The quantitative estimate of drug-likeness (QED) is 0.704. The highest BCUT2D eigenvalue weighted by Gasteiger charge is 2.24. The largest absolute Gasteiger partial charge is 0.545 e. The molecule has 10 heteroatoms. The molecule has 0 saturated carbocycles. The molecule has 130 valence electrons. The average molecular weight is 360 g/mol. The Morgan fingerprint density at radius 2 is 1.92 bits per heavy atom. The molecule has 25 heavy (non-hydrogen) atoms. The summed E-state index contributed by atoms with van der Waals surface area (Å²) in [6.07, 6.45) is 1.49. The molecule has 1 aromatic carbocycles. The molecule has 1 N–H and O–H groups in total. The van der Waals surface area contributed by atoms with Gasteiger partial charge < -0.3 is 9.90 Å². The molecule has 0 aliphatic rings. The SMILES string of the molecule is Cc1ccc(C(=O)[O-])c(NS(=O)(=O)c2nc3nccc(C)n3n2)c1C. The van der Waals surface area contributed by atoms with E-state index in [0.29, 0.717) is 11.3 Å². The third kappa shape index (κ3) is 2.91. The number of nitrogens with zero attached hydrogens (tertiary/aromatic N) is 4. The number of hydrogen-bond donors (Lipinski definition) is 1. The number of carboxylic acid groups (broad SMARTS) is 1. The van der Waals surface area contributed by atoms with Crippen LogP contribution in [-0.2, 0) is 10.0 Å². The fourth-order valence-electron chi connectivity index (χ4n) is 2.30. The van der Waals surface area contributed by atoms with Gasteiger partial charge in [-0.25, -0.2) is 9.50 Å². The fraction of sp³-hybridized carbons (Fsp3) is 0.200. The molecule has 3 rings (SSSR count). The standard InChI is InChI=1S/C15H15N5O4S/c1-8-4-5-11(13(21)22)12(10(8)3)19-25(23,24)15-17-14-16-7-6-9(2)20(14)18-15/h4-7,19H,1-3H3,(H,21,22)/p-1. The maximum Gasteiger partial charge on any atom is 0.299 e. The third-order valence-corrected chi connectivity index (χ3v) is 4.97. The number of hydrogen-bond acceptors (Lipinski definition) is 7. The van der Waals surface area contributed by atoms with Crippen molar-refractivity contribution in [2.45, 2.75) is 25.9 Å². The van der Waals surface area contributed by atoms with E-state index in [0.717, 1.165) is 5.56 Å². The normalized spacial score (nSPS) is 11.6. The molecule has 0 saturated heterocycles. The zero-order valence-electron chi connectivity index (χ0n) is 13.6. The number of fused-ring (bicyclic) bond motifs is 1. The Bertz CT molecular complexity index is 1100. The van der Waals surface area contributed by atoms with Gasteiger partial charge in [-0.15, -0.1) is 5.10 Å². The summed E-state index contributed by atoms with van der Waals surface area (Å²) >= 11 is 0. The van der Waals surface area contributed by atoms with Gasteiger partial charge in [0.25, 0.3) is 21.0 Å². The molecule has 0 aliphatic carbocycles.